The molecule has 8 nitrogen and oxygen atoms in total. The fourth-order valence-corrected chi connectivity index (χ4v) is 5.11. The largest absolute Gasteiger partial charge is 0.382 e. The van der Waals surface area contributed by atoms with Gasteiger partial charge in [0.25, 0.3) is 17.4 Å². The number of aliphatic imine (C=N–C) groups is 1. The average molecular weight is 561 g/mol. The van der Waals surface area contributed by atoms with Gasteiger partial charge in [-0.3, -0.25) is 24.4 Å². The SMILES string of the molecule is C[C@@H](Cc1c(F)c(F)cc(F)c1F)Nc1cc[nH]c(=O)c1C1=Nc2cc3c(cc2C1)C(=O)N(c1cccnc1)C3=O. The Morgan fingerprint density at radius 3 is 2.39 bits per heavy atom. The van der Waals surface area contributed by atoms with Crippen LogP contribution in [0.4, 0.5) is 34.6 Å². The number of pyridine rings is 2. The van der Waals surface area contributed by atoms with Crippen molar-refractivity contribution in [3.63, 3.8) is 0 Å². The molecule has 0 radical (unpaired) electrons. The van der Waals surface area contributed by atoms with Gasteiger partial charge in [-0.25, -0.2) is 22.5 Å². The number of fused-ring (bicyclic) bond motifs is 2. The Labute approximate surface area is 229 Å². The van der Waals surface area contributed by atoms with Crippen LogP contribution < -0.4 is 15.8 Å². The molecule has 2 aromatic carbocycles. The van der Waals surface area contributed by atoms with Gasteiger partial charge in [-0.05, 0) is 49.2 Å². The zero-order valence-corrected chi connectivity index (χ0v) is 21.3. The van der Waals surface area contributed by atoms with Gasteiger partial charge < -0.3 is 10.3 Å². The molecule has 0 saturated heterocycles. The second-order valence-corrected chi connectivity index (χ2v) is 9.71. The molecule has 0 aliphatic carbocycles. The van der Waals surface area contributed by atoms with Crippen LogP contribution in [0.5, 0.6) is 0 Å². The molecule has 2 amide bonds. The van der Waals surface area contributed by atoms with Crippen LogP contribution in [0.25, 0.3) is 0 Å². The number of hydrogen-bond donors (Lipinski definition) is 2. The van der Waals surface area contributed by atoms with Crippen LogP contribution in [0.1, 0.15) is 44.3 Å². The highest BCUT2D eigenvalue weighted by Gasteiger charge is 2.38. The zero-order chi connectivity index (χ0) is 29.0. The smallest absolute Gasteiger partial charge is 0.266 e. The van der Waals surface area contributed by atoms with Crippen LogP contribution in [0.15, 0.2) is 64.8 Å². The predicted molar refractivity (Wildman–Crippen MR) is 142 cm³/mol. The molecule has 12 heteroatoms. The van der Waals surface area contributed by atoms with E-state index >= 15 is 0 Å². The van der Waals surface area contributed by atoms with Crippen LogP contribution >= 0.6 is 0 Å². The molecule has 1 atom stereocenters. The van der Waals surface area contributed by atoms with Crippen molar-refractivity contribution < 1.29 is 27.2 Å². The molecule has 4 aromatic rings. The van der Waals surface area contributed by atoms with Crippen LogP contribution in [-0.2, 0) is 12.8 Å². The number of nitrogens with zero attached hydrogens (tertiary/aromatic N) is 3. The van der Waals surface area contributed by atoms with E-state index in [1.165, 1.54) is 37.6 Å². The Balaban J connectivity index is 1.30. The topological polar surface area (TPSA) is 108 Å². The number of aromatic nitrogens is 2. The quantitative estimate of drug-likeness (QED) is 0.199. The minimum absolute atomic E-state index is 0.136. The monoisotopic (exact) mass is 561 g/mol. The average Bonchev–Trinajstić information content (AvgIpc) is 3.46. The maximum atomic E-state index is 14.2. The Kier molecular flexibility index (Phi) is 6.24. The van der Waals surface area contributed by atoms with Gasteiger partial charge in [0.1, 0.15) is 0 Å². The second-order valence-electron chi connectivity index (χ2n) is 9.71. The van der Waals surface area contributed by atoms with Crippen molar-refractivity contribution in [1.82, 2.24) is 9.97 Å². The molecule has 0 fully saturated rings. The number of imide groups is 1. The molecule has 2 N–H and O–H groups in total. The lowest BCUT2D eigenvalue weighted by Crippen LogP contribution is -2.29. The lowest BCUT2D eigenvalue weighted by molar-refractivity contribution is 0.0926. The van der Waals surface area contributed by atoms with Crippen molar-refractivity contribution in [2.75, 3.05) is 10.2 Å². The van der Waals surface area contributed by atoms with Gasteiger partial charge in [0.05, 0.1) is 45.7 Å². The van der Waals surface area contributed by atoms with Crippen LogP contribution in [0.3, 0.4) is 0 Å². The van der Waals surface area contributed by atoms with E-state index in [-0.39, 0.29) is 34.9 Å². The number of aromatic amines is 1. The van der Waals surface area contributed by atoms with E-state index in [4.69, 9.17) is 0 Å². The van der Waals surface area contributed by atoms with E-state index in [1.54, 1.807) is 18.2 Å². The van der Waals surface area contributed by atoms with Gasteiger partial charge in [0, 0.05) is 36.5 Å². The number of carbonyl (C=O) groups is 2. The number of H-pyrrole nitrogens is 1. The Morgan fingerprint density at radius 2 is 1.71 bits per heavy atom. The number of hydrogen-bond acceptors (Lipinski definition) is 6. The molecule has 0 spiro atoms. The van der Waals surface area contributed by atoms with Crippen molar-refractivity contribution >= 4 is 34.6 Å². The Hall–Kier alpha value is -5.13. The first-order chi connectivity index (χ1) is 19.6. The van der Waals surface area contributed by atoms with Crippen LogP contribution in [-0.4, -0.2) is 33.5 Å². The number of carbonyl (C=O) groups excluding carboxylic acids is 2. The maximum absolute atomic E-state index is 14.2. The molecular weight excluding hydrogens is 542 g/mol. The summed E-state index contributed by atoms with van der Waals surface area (Å²) in [5.74, 6) is -7.01. The highest BCUT2D eigenvalue weighted by molar-refractivity contribution is 6.35. The summed E-state index contributed by atoms with van der Waals surface area (Å²) in [6.45, 7) is 1.54. The van der Waals surface area contributed by atoms with E-state index in [0.717, 1.165) is 4.90 Å². The third kappa shape index (κ3) is 4.37. The molecule has 2 aliphatic rings. The molecule has 6 rings (SSSR count). The summed E-state index contributed by atoms with van der Waals surface area (Å²) < 4.78 is 55.8. The molecule has 2 aromatic heterocycles. The number of rotatable bonds is 6. The van der Waals surface area contributed by atoms with Gasteiger partial charge >= 0.3 is 0 Å². The summed E-state index contributed by atoms with van der Waals surface area (Å²) in [7, 11) is 0. The standard InChI is InChI=1S/C29H19F4N5O3/c1-13(7-18-25(32)19(30)11-20(31)26(18)33)36-21-4-6-35-27(39)24(21)23-9-14-8-16-17(10-22(14)37-23)29(41)38(28(16)40)15-3-2-5-34-12-15/h2-6,8,10-13H,7,9H2,1H3,(H2,35,36,39)/t13-/m0/s1. The number of benzene rings is 2. The van der Waals surface area contributed by atoms with Gasteiger partial charge in [0.2, 0.25) is 0 Å². The Bertz CT molecular complexity index is 1830. The first-order valence-corrected chi connectivity index (χ1v) is 12.5. The van der Waals surface area contributed by atoms with E-state index in [0.29, 0.717) is 22.6 Å². The van der Waals surface area contributed by atoms with Gasteiger partial charge in [-0.2, -0.15) is 0 Å². The zero-order valence-electron chi connectivity index (χ0n) is 21.3. The fraction of sp³-hybridized carbons (Fsp3) is 0.138. The van der Waals surface area contributed by atoms with E-state index in [9.17, 15) is 31.9 Å². The van der Waals surface area contributed by atoms with Crippen molar-refractivity contribution in [2.24, 2.45) is 4.99 Å². The highest BCUT2D eigenvalue weighted by atomic mass is 19.2. The van der Waals surface area contributed by atoms with Crippen LogP contribution in [0, 0.1) is 23.3 Å². The molecule has 206 valence electrons. The summed E-state index contributed by atoms with van der Waals surface area (Å²) >= 11 is 0. The highest BCUT2D eigenvalue weighted by Crippen LogP contribution is 2.37. The minimum Gasteiger partial charge on any atom is -0.382 e. The van der Waals surface area contributed by atoms with E-state index in [2.05, 4.69) is 20.3 Å². The molecule has 2 aliphatic heterocycles. The molecular formula is C29H19F4N5O3. The number of amides is 2. The first-order valence-electron chi connectivity index (χ1n) is 12.5. The fourth-order valence-electron chi connectivity index (χ4n) is 5.11. The van der Waals surface area contributed by atoms with Gasteiger partial charge in [0.15, 0.2) is 23.3 Å². The van der Waals surface area contributed by atoms with Crippen molar-refractivity contribution in [2.45, 2.75) is 25.8 Å². The summed E-state index contributed by atoms with van der Waals surface area (Å²) in [6.07, 6.45) is 4.04. The normalized spacial score (nSPS) is 14.7. The Morgan fingerprint density at radius 1 is 1.00 bits per heavy atom. The second kappa shape index (κ2) is 9.81. The molecule has 0 saturated carbocycles. The van der Waals surface area contributed by atoms with Crippen molar-refractivity contribution in [3.8, 4) is 0 Å². The van der Waals surface area contributed by atoms with Gasteiger partial charge in [-0.15, -0.1) is 0 Å². The van der Waals surface area contributed by atoms with Crippen LogP contribution in [0.2, 0.25) is 0 Å². The molecule has 4 heterocycles. The summed E-state index contributed by atoms with van der Waals surface area (Å²) in [6, 6.07) is 7.20. The maximum Gasteiger partial charge on any atom is 0.266 e. The summed E-state index contributed by atoms with van der Waals surface area (Å²) in [4.78, 5) is 51.2. The number of nitrogens with one attached hydrogen (secondary N) is 2. The van der Waals surface area contributed by atoms with Gasteiger partial charge in [-0.1, -0.05) is 0 Å². The first kappa shape index (κ1) is 26.1. The predicted octanol–water partition coefficient (Wildman–Crippen LogP) is 4.85. The summed E-state index contributed by atoms with van der Waals surface area (Å²) in [5, 5.41) is 2.98. The number of anilines is 2. The third-order valence-corrected chi connectivity index (χ3v) is 6.97. The van der Waals surface area contributed by atoms with E-state index < -0.39 is 58.7 Å². The molecule has 0 unspecified atom stereocenters. The third-order valence-electron chi connectivity index (χ3n) is 6.97. The van der Waals surface area contributed by atoms with Crippen molar-refractivity contribution in [1.29, 1.82) is 0 Å². The lowest BCUT2D eigenvalue weighted by Gasteiger charge is -2.18. The lowest BCUT2D eigenvalue weighted by atomic mass is 9.99. The summed E-state index contributed by atoms with van der Waals surface area (Å²) in [5.41, 5.74) is 1.21. The van der Waals surface area contributed by atoms with E-state index in [1.807, 2.05) is 0 Å². The van der Waals surface area contributed by atoms with Crippen molar-refractivity contribution in [3.05, 3.63) is 116 Å². The number of halogens is 4. The minimum atomic E-state index is -1.51. The molecule has 41 heavy (non-hydrogen) atoms. The molecule has 0 bridgehead atoms.